The average Bonchev–Trinajstić information content (AvgIpc) is 3.11. The van der Waals surface area contributed by atoms with Gasteiger partial charge in [-0.15, -0.1) is 11.8 Å². The van der Waals surface area contributed by atoms with E-state index in [9.17, 15) is 14.0 Å². The van der Waals surface area contributed by atoms with Crippen molar-refractivity contribution in [3.63, 3.8) is 0 Å². The first-order valence-corrected chi connectivity index (χ1v) is 10.2. The Labute approximate surface area is 173 Å². The van der Waals surface area contributed by atoms with Crippen molar-refractivity contribution in [2.24, 2.45) is 0 Å². The molecule has 0 bridgehead atoms. The van der Waals surface area contributed by atoms with Gasteiger partial charge in [0.15, 0.2) is 11.5 Å². The molecule has 0 spiro atoms. The molecule has 8 heteroatoms. The molecule has 29 heavy (non-hydrogen) atoms. The van der Waals surface area contributed by atoms with Gasteiger partial charge in [-0.2, -0.15) is 0 Å². The summed E-state index contributed by atoms with van der Waals surface area (Å²) in [5, 5.41) is 2.63. The quantitative estimate of drug-likeness (QED) is 0.714. The third kappa shape index (κ3) is 5.20. The number of carbonyl (C=O) groups excluding carboxylic acids is 2. The Morgan fingerprint density at radius 1 is 1.17 bits per heavy atom. The van der Waals surface area contributed by atoms with Gasteiger partial charge in [-0.3, -0.25) is 9.59 Å². The number of hydrogen-bond donors (Lipinski definition) is 1. The number of ether oxygens (including phenoxy) is 2. The molecule has 154 valence electrons. The first-order valence-electron chi connectivity index (χ1n) is 9.16. The Morgan fingerprint density at radius 2 is 1.90 bits per heavy atom. The zero-order valence-electron chi connectivity index (χ0n) is 16.3. The van der Waals surface area contributed by atoms with Gasteiger partial charge in [0.05, 0.1) is 20.0 Å². The molecule has 0 radical (unpaired) electrons. The summed E-state index contributed by atoms with van der Waals surface area (Å²) in [5.41, 5.74) is 1.74. The molecule has 1 aliphatic heterocycles. The number of nitrogens with one attached hydrogen (secondary N) is 1. The van der Waals surface area contributed by atoms with Crippen LogP contribution >= 0.6 is 11.8 Å². The number of carbonyl (C=O) groups is 2. The third-order valence-electron chi connectivity index (χ3n) is 4.64. The standard InChI is InChI=1S/C21H23FN2O4S/c1-27-17-8-5-15(11-18(17)28-2)21-24(20(26)13-29-21)10-9-19(25)23-12-14-3-6-16(22)7-4-14/h3-8,11,21H,9-10,12-13H2,1-2H3,(H,23,25). The fourth-order valence-corrected chi connectivity index (χ4v) is 4.30. The molecule has 1 N–H and O–H groups in total. The lowest BCUT2D eigenvalue weighted by Crippen LogP contribution is -2.33. The topological polar surface area (TPSA) is 67.9 Å². The normalized spacial score (nSPS) is 16.0. The van der Waals surface area contributed by atoms with Gasteiger partial charge in [-0.05, 0) is 35.4 Å². The summed E-state index contributed by atoms with van der Waals surface area (Å²) in [6.45, 7) is 0.640. The third-order valence-corrected chi connectivity index (χ3v) is 5.90. The van der Waals surface area contributed by atoms with E-state index in [2.05, 4.69) is 5.32 Å². The lowest BCUT2D eigenvalue weighted by atomic mass is 10.1. The van der Waals surface area contributed by atoms with Crippen molar-refractivity contribution >= 4 is 23.6 Å². The molecule has 0 aromatic heterocycles. The molecule has 1 atom stereocenters. The summed E-state index contributed by atoms with van der Waals surface area (Å²) in [4.78, 5) is 26.3. The second-order valence-electron chi connectivity index (χ2n) is 6.52. The number of rotatable bonds is 8. The van der Waals surface area contributed by atoms with E-state index in [1.165, 1.54) is 23.9 Å². The monoisotopic (exact) mass is 418 g/mol. The van der Waals surface area contributed by atoms with Crippen molar-refractivity contribution < 1.29 is 23.5 Å². The maximum Gasteiger partial charge on any atom is 0.233 e. The van der Waals surface area contributed by atoms with Gasteiger partial charge in [0.25, 0.3) is 0 Å². The Balaban J connectivity index is 1.59. The summed E-state index contributed by atoms with van der Waals surface area (Å²) >= 11 is 1.52. The van der Waals surface area contributed by atoms with E-state index in [1.54, 1.807) is 31.3 Å². The molecule has 2 aromatic carbocycles. The summed E-state index contributed by atoms with van der Waals surface area (Å²) in [6, 6.07) is 11.5. The highest BCUT2D eigenvalue weighted by molar-refractivity contribution is 8.00. The van der Waals surface area contributed by atoms with E-state index in [-0.39, 0.29) is 29.4 Å². The number of hydrogen-bond acceptors (Lipinski definition) is 5. The lowest BCUT2D eigenvalue weighted by Gasteiger charge is -2.24. The molecule has 2 amide bonds. The SMILES string of the molecule is COc1ccc(C2SCC(=O)N2CCC(=O)NCc2ccc(F)cc2)cc1OC. The van der Waals surface area contributed by atoms with Crippen LogP contribution in [0.5, 0.6) is 11.5 Å². The van der Waals surface area contributed by atoms with Crippen LogP contribution in [0.3, 0.4) is 0 Å². The van der Waals surface area contributed by atoms with Gasteiger partial charge in [0.2, 0.25) is 11.8 Å². The highest BCUT2D eigenvalue weighted by Gasteiger charge is 2.33. The molecule has 0 aliphatic carbocycles. The van der Waals surface area contributed by atoms with Crippen molar-refractivity contribution in [1.29, 1.82) is 0 Å². The predicted octanol–water partition coefficient (Wildman–Crippen LogP) is 3.12. The van der Waals surface area contributed by atoms with E-state index in [0.717, 1.165) is 11.1 Å². The molecule has 1 heterocycles. The number of amides is 2. The van der Waals surface area contributed by atoms with Crippen LogP contribution in [0.1, 0.15) is 22.9 Å². The number of methoxy groups -OCH3 is 2. The maximum absolute atomic E-state index is 12.9. The zero-order valence-corrected chi connectivity index (χ0v) is 17.1. The largest absolute Gasteiger partial charge is 0.493 e. The molecule has 1 aliphatic rings. The number of nitrogens with zero attached hydrogens (tertiary/aromatic N) is 1. The zero-order chi connectivity index (χ0) is 20.8. The van der Waals surface area contributed by atoms with Gasteiger partial charge in [-0.1, -0.05) is 18.2 Å². The van der Waals surface area contributed by atoms with Gasteiger partial charge in [0.1, 0.15) is 11.2 Å². The Bertz CT molecular complexity index is 875. The smallest absolute Gasteiger partial charge is 0.233 e. The number of thioether (sulfide) groups is 1. The van der Waals surface area contributed by atoms with Crippen LogP contribution in [0.15, 0.2) is 42.5 Å². The molecule has 1 unspecified atom stereocenters. The highest BCUT2D eigenvalue weighted by atomic mass is 32.2. The van der Waals surface area contributed by atoms with Crippen LogP contribution in [0.4, 0.5) is 4.39 Å². The van der Waals surface area contributed by atoms with Crippen LogP contribution < -0.4 is 14.8 Å². The maximum atomic E-state index is 12.9. The second kappa shape index (κ2) is 9.65. The van der Waals surface area contributed by atoms with Crippen molar-refractivity contribution in [3.05, 3.63) is 59.4 Å². The molecular formula is C21H23FN2O4S. The van der Waals surface area contributed by atoms with Crippen molar-refractivity contribution in [1.82, 2.24) is 10.2 Å². The van der Waals surface area contributed by atoms with Crippen LogP contribution in [0.25, 0.3) is 0 Å². The minimum absolute atomic E-state index is 0.00104. The molecule has 3 rings (SSSR count). The molecule has 1 fully saturated rings. The lowest BCUT2D eigenvalue weighted by molar-refractivity contribution is -0.129. The van der Waals surface area contributed by atoms with Gasteiger partial charge in [-0.25, -0.2) is 4.39 Å². The first kappa shape index (κ1) is 21.0. The minimum Gasteiger partial charge on any atom is -0.493 e. The second-order valence-corrected chi connectivity index (χ2v) is 7.59. The molecule has 6 nitrogen and oxygen atoms in total. The van der Waals surface area contributed by atoms with E-state index in [4.69, 9.17) is 9.47 Å². The van der Waals surface area contributed by atoms with Gasteiger partial charge in [0, 0.05) is 19.5 Å². The van der Waals surface area contributed by atoms with Gasteiger partial charge < -0.3 is 19.7 Å². The minimum atomic E-state index is -0.314. The summed E-state index contributed by atoms with van der Waals surface area (Å²) in [7, 11) is 3.14. The average molecular weight is 418 g/mol. The predicted molar refractivity (Wildman–Crippen MR) is 109 cm³/mol. The van der Waals surface area contributed by atoms with E-state index < -0.39 is 0 Å². The first-order chi connectivity index (χ1) is 14.0. The Morgan fingerprint density at radius 3 is 2.59 bits per heavy atom. The fraction of sp³-hybridized carbons (Fsp3) is 0.333. The van der Waals surface area contributed by atoms with Crippen molar-refractivity contribution in [2.75, 3.05) is 26.5 Å². The van der Waals surface area contributed by atoms with Crippen molar-refractivity contribution in [2.45, 2.75) is 18.3 Å². The van der Waals surface area contributed by atoms with E-state index in [1.807, 2.05) is 18.2 Å². The fourth-order valence-electron chi connectivity index (χ4n) is 3.09. The van der Waals surface area contributed by atoms with Crippen LogP contribution in [0.2, 0.25) is 0 Å². The van der Waals surface area contributed by atoms with Crippen LogP contribution in [-0.2, 0) is 16.1 Å². The summed E-state index contributed by atoms with van der Waals surface area (Å²) in [5.74, 6) is 1.12. The van der Waals surface area contributed by atoms with Crippen LogP contribution in [-0.4, -0.2) is 43.2 Å². The summed E-state index contributed by atoms with van der Waals surface area (Å²) < 4.78 is 23.6. The molecule has 2 aromatic rings. The Kier molecular flexibility index (Phi) is 6.98. The molecular weight excluding hydrogens is 395 g/mol. The number of halogens is 1. The summed E-state index contributed by atoms with van der Waals surface area (Å²) in [6.07, 6.45) is 0.192. The van der Waals surface area contributed by atoms with E-state index in [0.29, 0.717) is 30.3 Å². The Hall–Kier alpha value is -2.74. The van der Waals surface area contributed by atoms with Gasteiger partial charge >= 0.3 is 0 Å². The number of benzene rings is 2. The van der Waals surface area contributed by atoms with Crippen LogP contribution in [0, 0.1) is 5.82 Å². The molecule has 0 saturated carbocycles. The molecule has 1 saturated heterocycles. The van der Waals surface area contributed by atoms with E-state index >= 15 is 0 Å². The van der Waals surface area contributed by atoms with Crippen molar-refractivity contribution in [3.8, 4) is 11.5 Å². The highest BCUT2D eigenvalue weighted by Crippen LogP contribution is 2.41.